The van der Waals surface area contributed by atoms with E-state index < -0.39 is 0 Å². The fourth-order valence-electron chi connectivity index (χ4n) is 3.99. The molecule has 6 heteroatoms. The minimum atomic E-state index is -0.183. The number of benzene rings is 3. The van der Waals surface area contributed by atoms with Crippen LogP contribution in [0.1, 0.15) is 29.3 Å². The zero-order valence-electron chi connectivity index (χ0n) is 19.6. The predicted octanol–water partition coefficient (Wildman–Crippen LogP) is 5.41. The molecule has 1 saturated heterocycles. The van der Waals surface area contributed by atoms with Crippen LogP contribution in [-0.4, -0.2) is 54.9 Å². The van der Waals surface area contributed by atoms with Gasteiger partial charge in [-0.3, -0.25) is 9.69 Å². The number of nitrogens with zero attached hydrogens (tertiary/aromatic N) is 2. The molecule has 0 radical (unpaired) electrons. The van der Waals surface area contributed by atoms with Gasteiger partial charge >= 0.3 is 0 Å². The summed E-state index contributed by atoms with van der Waals surface area (Å²) in [4.78, 5) is 16.3. The monoisotopic (exact) mass is 462 g/mol. The number of Topliss-reactive ketones (excluding diaryl/α,β-unsaturated/α-hetero) is 1. The van der Waals surface area contributed by atoms with Gasteiger partial charge in [-0.05, 0) is 79.6 Å². The molecule has 34 heavy (non-hydrogen) atoms. The molecule has 0 N–H and O–H groups in total. The lowest BCUT2D eigenvalue weighted by molar-refractivity contribution is 0.101. The molecule has 0 saturated carbocycles. The molecule has 0 amide bonds. The van der Waals surface area contributed by atoms with Crippen LogP contribution in [0.25, 0.3) is 0 Å². The van der Waals surface area contributed by atoms with Crippen molar-refractivity contribution in [2.45, 2.75) is 19.9 Å². The fourth-order valence-corrected chi connectivity index (χ4v) is 3.99. The van der Waals surface area contributed by atoms with Gasteiger partial charge in [0.25, 0.3) is 0 Å². The third kappa shape index (κ3) is 7.14. The van der Waals surface area contributed by atoms with Gasteiger partial charge in [0.2, 0.25) is 0 Å². The SMILES string of the molecule is CC(=O)c1ccc(Oc2ccc(OCCCN3CCN(Cc4ccc(F)cc4)CC3)cc2)cc1. The number of carbonyl (C=O) groups excluding carboxylic acids is 1. The highest BCUT2D eigenvalue weighted by atomic mass is 19.1. The van der Waals surface area contributed by atoms with E-state index in [0.717, 1.165) is 62.8 Å². The molecule has 0 unspecified atom stereocenters. The van der Waals surface area contributed by atoms with E-state index >= 15 is 0 Å². The number of piperazine rings is 1. The Morgan fingerprint density at radius 1 is 0.794 bits per heavy atom. The number of rotatable bonds is 10. The molecule has 0 atom stereocenters. The normalized spacial score (nSPS) is 14.6. The summed E-state index contributed by atoms with van der Waals surface area (Å²) < 4.78 is 24.8. The third-order valence-electron chi connectivity index (χ3n) is 5.99. The Bertz CT molecular complexity index is 1040. The Labute approximate surface area is 200 Å². The summed E-state index contributed by atoms with van der Waals surface area (Å²) in [5.74, 6) is 2.09. The average molecular weight is 463 g/mol. The Balaban J connectivity index is 1.12. The zero-order chi connectivity index (χ0) is 23.8. The maximum atomic E-state index is 13.1. The lowest BCUT2D eigenvalue weighted by Gasteiger charge is -2.34. The molecule has 3 aromatic rings. The summed E-state index contributed by atoms with van der Waals surface area (Å²) in [6.07, 6.45) is 0.971. The molecular weight excluding hydrogens is 431 g/mol. The van der Waals surface area contributed by atoms with Crippen LogP contribution in [0.2, 0.25) is 0 Å². The second kappa shape index (κ2) is 11.8. The second-order valence-corrected chi connectivity index (χ2v) is 8.60. The van der Waals surface area contributed by atoms with E-state index in [1.807, 2.05) is 36.4 Å². The first-order valence-corrected chi connectivity index (χ1v) is 11.8. The van der Waals surface area contributed by atoms with E-state index in [0.29, 0.717) is 17.9 Å². The van der Waals surface area contributed by atoms with Crippen molar-refractivity contribution in [2.24, 2.45) is 0 Å². The van der Waals surface area contributed by atoms with Crippen molar-refractivity contribution in [3.8, 4) is 17.2 Å². The topological polar surface area (TPSA) is 42.0 Å². The van der Waals surface area contributed by atoms with Crippen molar-refractivity contribution in [1.82, 2.24) is 9.80 Å². The number of hydrogen-bond acceptors (Lipinski definition) is 5. The minimum absolute atomic E-state index is 0.0391. The molecule has 0 aromatic heterocycles. The van der Waals surface area contributed by atoms with Crippen molar-refractivity contribution in [1.29, 1.82) is 0 Å². The zero-order valence-corrected chi connectivity index (χ0v) is 19.6. The largest absolute Gasteiger partial charge is 0.494 e. The highest BCUT2D eigenvalue weighted by Crippen LogP contribution is 2.24. The van der Waals surface area contributed by atoms with E-state index in [1.165, 1.54) is 12.1 Å². The highest BCUT2D eigenvalue weighted by molar-refractivity contribution is 5.94. The summed E-state index contributed by atoms with van der Waals surface area (Å²) in [6, 6.07) is 21.5. The average Bonchev–Trinajstić information content (AvgIpc) is 2.85. The highest BCUT2D eigenvalue weighted by Gasteiger charge is 2.16. The molecule has 4 rings (SSSR count). The molecule has 0 spiro atoms. The first-order chi connectivity index (χ1) is 16.5. The Morgan fingerprint density at radius 3 is 1.97 bits per heavy atom. The van der Waals surface area contributed by atoms with Crippen molar-refractivity contribution < 1.29 is 18.7 Å². The van der Waals surface area contributed by atoms with Gasteiger partial charge in [-0.25, -0.2) is 4.39 Å². The fraction of sp³-hybridized carbons (Fsp3) is 0.321. The molecule has 0 bridgehead atoms. The number of halogens is 1. The van der Waals surface area contributed by atoms with Gasteiger partial charge in [0.1, 0.15) is 23.1 Å². The van der Waals surface area contributed by atoms with Crippen LogP contribution in [-0.2, 0) is 6.54 Å². The molecule has 0 aliphatic carbocycles. The Morgan fingerprint density at radius 2 is 1.35 bits per heavy atom. The van der Waals surface area contributed by atoms with E-state index in [9.17, 15) is 9.18 Å². The van der Waals surface area contributed by atoms with Crippen molar-refractivity contribution in [3.05, 3.63) is 89.7 Å². The summed E-state index contributed by atoms with van der Waals surface area (Å²) in [7, 11) is 0. The Hall–Kier alpha value is -3.22. The molecule has 178 valence electrons. The number of hydrogen-bond donors (Lipinski definition) is 0. The van der Waals surface area contributed by atoms with Crippen molar-refractivity contribution >= 4 is 5.78 Å². The quantitative estimate of drug-likeness (QED) is 0.298. The van der Waals surface area contributed by atoms with Gasteiger partial charge in [-0.15, -0.1) is 0 Å². The van der Waals surface area contributed by atoms with Gasteiger partial charge in [0, 0.05) is 44.8 Å². The smallest absolute Gasteiger partial charge is 0.159 e. The van der Waals surface area contributed by atoms with Crippen molar-refractivity contribution in [2.75, 3.05) is 39.3 Å². The van der Waals surface area contributed by atoms with Gasteiger partial charge in [-0.1, -0.05) is 12.1 Å². The summed E-state index contributed by atoms with van der Waals surface area (Å²) >= 11 is 0. The first kappa shape index (κ1) is 23.9. The molecule has 1 aliphatic heterocycles. The molecule has 1 aliphatic rings. The Kier molecular flexibility index (Phi) is 8.28. The second-order valence-electron chi connectivity index (χ2n) is 8.60. The van der Waals surface area contributed by atoms with E-state index in [4.69, 9.17) is 9.47 Å². The molecule has 1 fully saturated rings. The molecule has 3 aromatic carbocycles. The maximum Gasteiger partial charge on any atom is 0.159 e. The summed E-state index contributed by atoms with van der Waals surface area (Å²) in [5, 5.41) is 0. The van der Waals surface area contributed by atoms with Gasteiger partial charge in [-0.2, -0.15) is 0 Å². The van der Waals surface area contributed by atoms with E-state index in [2.05, 4.69) is 9.80 Å². The molecular formula is C28H31FN2O3. The van der Waals surface area contributed by atoms with Crippen LogP contribution in [0.4, 0.5) is 4.39 Å². The lowest BCUT2D eigenvalue weighted by Crippen LogP contribution is -2.46. The number of carbonyl (C=O) groups is 1. The predicted molar refractivity (Wildman–Crippen MR) is 131 cm³/mol. The lowest BCUT2D eigenvalue weighted by atomic mass is 10.1. The van der Waals surface area contributed by atoms with Crippen LogP contribution < -0.4 is 9.47 Å². The van der Waals surface area contributed by atoms with Gasteiger partial charge in [0.05, 0.1) is 6.61 Å². The molecule has 1 heterocycles. The van der Waals surface area contributed by atoms with Gasteiger partial charge in [0.15, 0.2) is 5.78 Å². The molecule has 5 nitrogen and oxygen atoms in total. The van der Waals surface area contributed by atoms with Crippen LogP contribution in [0.15, 0.2) is 72.8 Å². The summed E-state index contributed by atoms with van der Waals surface area (Å²) in [5.41, 5.74) is 1.83. The minimum Gasteiger partial charge on any atom is -0.494 e. The number of ketones is 1. The first-order valence-electron chi connectivity index (χ1n) is 11.8. The van der Waals surface area contributed by atoms with Crippen LogP contribution in [0.5, 0.6) is 17.2 Å². The van der Waals surface area contributed by atoms with E-state index in [1.54, 1.807) is 31.2 Å². The van der Waals surface area contributed by atoms with E-state index in [-0.39, 0.29) is 11.6 Å². The van der Waals surface area contributed by atoms with Gasteiger partial charge < -0.3 is 14.4 Å². The number of ether oxygens (including phenoxy) is 2. The van der Waals surface area contributed by atoms with Crippen LogP contribution in [0.3, 0.4) is 0 Å². The van der Waals surface area contributed by atoms with Crippen molar-refractivity contribution in [3.63, 3.8) is 0 Å². The standard InChI is InChI=1S/C28H31FN2O3/c1-22(32)24-5-9-27(10-6-24)34-28-13-11-26(12-14-28)33-20-2-15-30-16-18-31(19-17-30)21-23-3-7-25(29)8-4-23/h3-14H,2,15-21H2,1H3. The third-order valence-corrected chi connectivity index (χ3v) is 5.99. The summed E-state index contributed by atoms with van der Waals surface area (Å²) in [6.45, 7) is 8.24. The maximum absolute atomic E-state index is 13.1. The van der Waals surface area contributed by atoms with Crippen LogP contribution in [0, 0.1) is 5.82 Å². The van der Waals surface area contributed by atoms with Crippen LogP contribution >= 0.6 is 0 Å².